The van der Waals surface area contributed by atoms with Crippen molar-refractivity contribution in [2.45, 2.75) is 9.79 Å². The maximum Gasteiger partial charge on any atom is 1.00 e. The SMILES string of the molecule is O=c1[nH]cnc2c(Sc3ccc(O)cc3/C=C/P(=O)([O-])[O-])c[nH]c12.[Na+].[Na+]. The molecule has 3 N–H and O–H groups in total. The summed E-state index contributed by atoms with van der Waals surface area (Å²) in [6, 6.07) is 4.35. The Bertz CT molecular complexity index is 1050. The van der Waals surface area contributed by atoms with Crippen LogP contribution in [-0.2, 0) is 4.57 Å². The Morgan fingerprint density at radius 1 is 1.19 bits per heavy atom. The van der Waals surface area contributed by atoms with Crippen molar-refractivity contribution in [2.24, 2.45) is 0 Å². The summed E-state index contributed by atoms with van der Waals surface area (Å²) >= 11 is 1.22. The van der Waals surface area contributed by atoms with Crippen LogP contribution in [0.25, 0.3) is 17.1 Å². The topological polar surface area (TPSA) is 145 Å². The molecule has 0 radical (unpaired) electrons. The first-order chi connectivity index (χ1) is 11.3. The van der Waals surface area contributed by atoms with E-state index in [1.54, 1.807) is 12.3 Å². The van der Waals surface area contributed by atoms with Gasteiger partial charge in [-0.3, -0.25) is 4.79 Å². The summed E-state index contributed by atoms with van der Waals surface area (Å²) in [5, 5.41) is 9.57. The van der Waals surface area contributed by atoms with Crippen LogP contribution in [-0.4, -0.2) is 20.1 Å². The summed E-state index contributed by atoms with van der Waals surface area (Å²) in [6.07, 6.45) is 4.01. The molecule has 0 aliphatic heterocycles. The summed E-state index contributed by atoms with van der Waals surface area (Å²) in [4.78, 5) is 43.9. The van der Waals surface area contributed by atoms with E-state index in [4.69, 9.17) is 0 Å². The molecule has 26 heavy (non-hydrogen) atoms. The molecule has 0 aliphatic carbocycles. The summed E-state index contributed by atoms with van der Waals surface area (Å²) < 4.78 is 10.8. The molecular weight excluding hydrogens is 399 g/mol. The third-order valence-corrected chi connectivity index (χ3v) is 4.72. The van der Waals surface area contributed by atoms with Gasteiger partial charge in [-0.1, -0.05) is 23.7 Å². The molecule has 1 aromatic carbocycles. The molecule has 3 rings (SSSR count). The Balaban J connectivity index is 0.00000169. The Labute approximate surface area is 196 Å². The van der Waals surface area contributed by atoms with E-state index in [-0.39, 0.29) is 70.4 Å². The van der Waals surface area contributed by atoms with Crippen LogP contribution < -0.4 is 74.5 Å². The van der Waals surface area contributed by atoms with Gasteiger partial charge in [0.25, 0.3) is 5.56 Å². The molecule has 2 aromatic heterocycles. The summed E-state index contributed by atoms with van der Waals surface area (Å²) in [5.41, 5.74) is 0.826. The van der Waals surface area contributed by atoms with E-state index in [2.05, 4.69) is 15.0 Å². The van der Waals surface area contributed by atoms with Crippen molar-refractivity contribution >= 4 is 36.5 Å². The number of fused-ring (bicyclic) bond motifs is 1. The van der Waals surface area contributed by atoms with Crippen molar-refractivity contribution in [1.82, 2.24) is 15.0 Å². The predicted molar refractivity (Wildman–Crippen MR) is 85.6 cm³/mol. The Hall–Kier alpha value is -0.320. The molecule has 0 atom stereocenters. The molecule has 0 bridgehead atoms. The third-order valence-electron chi connectivity index (χ3n) is 3.08. The van der Waals surface area contributed by atoms with Gasteiger partial charge < -0.3 is 29.4 Å². The van der Waals surface area contributed by atoms with Crippen LogP contribution in [0.4, 0.5) is 0 Å². The van der Waals surface area contributed by atoms with Gasteiger partial charge in [-0.25, -0.2) is 4.98 Å². The van der Waals surface area contributed by atoms with Crippen molar-refractivity contribution in [3.05, 3.63) is 52.5 Å². The number of phenolic OH excluding ortho intramolecular Hbond substituents is 1. The van der Waals surface area contributed by atoms with E-state index in [1.807, 2.05) is 0 Å². The molecule has 0 saturated heterocycles. The van der Waals surface area contributed by atoms with E-state index in [9.17, 15) is 24.3 Å². The van der Waals surface area contributed by atoms with Gasteiger partial charge >= 0.3 is 59.1 Å². The van der Waals surface area contributed by atoms with Crippen molar-refractivity contribution in [3.63, 3.8) is 0 Å². The standard InChI is InChI=1S/C14H12N3O5PS.2Na/c18-9-1-2-10(8(5-9)3-4-23(20,21)22)24-11-6-15-13-12(11)16-7-17-14(13)19;;/h1-7,15,18H,(H,16,17,19)(H2,20,21,22);;/q;2*+1/p-2/b4-3+;;. The molecule has 124 valence electrons. The molecule has 0 unspecified atom stereocenters. The summed E-state index contributed by atoms with van der Waals surface area (Å²) in [6.45, 7) is 0. The Morgan fingerprint density at radius 3 is 2.62 bits per heavy atom. The number of aromatic amines is 2. The molecule has 3 aromatic rings. The zero-order valence-electron chi connectivity index (χ0n) is 13.9. The van der Waals surface area contributed by atoms with Gasteiger partial charge in [-0.05, 0) is 31.4 Å². The Kier molecular flexibility index (Phi) is 8.89. The number of nitrogens with one attached hydrogen (secondary N) is 2. The average molecular weight is 409 g/mol. The normalized spacial score (nSPS) is 11.3. The van der Waals surface area contributed by atoms with E-state index in [1.165, 1.54) is 30.2 Å². The van der Waals surface area contributed by atoms with E-state index < -0.39 is 7.60 Å². The molecule has 0 fully saturated rings. The fraction of sp³-hybridized carbons (Fsp3) is 0. The maximum atomic E-state index is 11.7. The second-order valence-electron chi connectivity index (χ2n) is 4.79. The number of aromatic nitrogens is 3. The van der Waals surface area contributed by atoms with Crippen LogP contribution in [0, 0.1) is 0 Å². The molecule has 12 heteroatoms. The molecule has 8 nitrogen and oxygen atoms in total. The first-order valence-corrected chi connectivity index (χ1v) is 9.03. The first-order valence-electron chi connectivity index (χ1n) is 6.60. The van der Waals surface area contributed by atoms with Crippen LogP contribution in [0.2, 0.25) is 0 Å². The van der Waals surface area contributed by atoms with Gasteiger partial charge in [0.1, 0.15) is 16.8 Å². The number of H-pyrrole nitrogens is 2. The maximum absolute atomic E-state index is 11.7. The number of rotatable bonds is 4. The minimum atomic E-state index is -4.82. The minimum Gasteiger partial charge on any atom is -0.808 e. The van der Waals surface area contributed by atoms with E-state index in [0.717, 1.165) is 6.08 Å². The van der Waals surface area contributed by atoms with Crippen molar-refractivity contribution in [2.75, 3.05) is 0 Å². The van der Waals surface area contributed by atoms with Crippen molar-refractivity contribution in [3.8, 4) is 5.75 Å². The summed E-state index contributed by atoms with van der Waals surface area (Å²) in [7, 11) is -4.82. The molecule has 0 saturated carbocycles. The quantitative estimate of drug-likeness (QED) is 0.289. The first kappa shape index (κ1) is 23.7. The molecular formula is C14H10N3Na2O5PS. The smallest absolute Gasteiger partial charge is 0.808 e. The monoisotopic (exact) mass is 409 g/mol. The average Bonchev–Trinajstić information content (AvgIpc) is 2.91. The van der Waals surface area contributed by atoms with Gasteiger partial charge in [0, 0.05) is 11.1 Å². The largest absolute Gasteiger partial charge is 1.00 e. The minimum absolute atomic E-state index is 0. The van der Waals surface area contributed by atoms with Crippen LogP contribution in [0.1, 0.15) is 5.56 Å². The van der Waals surface area contributed by atoms with Crippen molar-refractivity contribution < 1.29 is 78.6 Å². The van der Waals surface area contributed by atoms with Gasteiger partial charge in [0.05, 0.1) is 11.2 Å². The summed E-state index contributed by atoms with van der Waals surface area (Å²) in [5.74, 6) is 0.475. The molecule has 0 amide bonds. The van der Waals surface area contributed by atoms with Gasteiger partial charge in [-0.2, -0.15) is 0 Å². The van der Waals surface area contributed by atoms with Crippen LogP contribution >= 0.6 is 19.4 Å². The number of hydrogen-bond donors (Lipinski definition) is 3. The predicted octanol–water partition coefficient (Wildman–Crippen LogP) is -5.00. The zero-order valence-corrected chi connectivity index (χ0v) is 19.6. The van der Waals surface area contributed by atoms with Gasteiger partial charge in [0.2, 0.25) is 0 Å². The van der Waals surface area contributed by atoms with E-state index in [0.29, 0.717) is 32.2 Å². The second-order valence-corrected chi connectivity index (χ2v) is 7.25. The number of nitrogens with zero attached hydrogens (tertiary/aromatic N) is 1. The third kappa shape index (κ3) is 5.84. The van der Waals surface area contributed by atoms with Crippen LogP contribution in [0.15, 0.2) is 51.1 Å². The molecule has 2 heterocycles. The zero-order chi connectivity index (χ0) is 17.3. The van der Waals surface area contributed by atoms with Crippen LogP contribution in [0.3, 0.4) is 0 Å². The fourth-order valence-electron chi connectivity index (χ4n) is 2.05. The van der Waals surface area contributed by atoms with Gasteiger partial charge in [0.15, 0.2) is 0 Å². The van der Waals surface area contributed by atoms with Gasteiger partial charge in [-0.15, -0.1) is 0 Å². The number of hydrogen-bond acceptors (Lipinski definition) is 7. The van der Waals surface area contributed by atoms with E-state index >= 15 is 0 Å². The van der Waals surface area contributed by atoms with Crippen LogP contribution in [0.5, 0.6) is 5.75 Å². The second kappa shape index (κ2) is 9.75. The number of phenols is 1. The molecule has 0 spiro atoms. The molecule has 0 aliphatic rings. The number of benzene rings is 1. The Morgan fingerprint density at radius 2 is 1.92 bits per heavy atom. The van der Waals surface area contributed by atoms with Crippen molar-refractivity contribution in [1.29, 1.82) is 0 Å². The number of aromatic hydroxyl groups is 1. The fourth-order valence-corrected chi connectivity index (χ4v) is 3.38.